The zero-order chi connectivity index (χ0) is 27.5. The minimum Gasteiger partial charge on any atom is -0.476 e. The number of carboxylic acids is 1. The van der Waals surface area contributed by atoms with Gasteiger partial charge in [-0.2, -0.15) is 26.3 Å². The van der Waals surface area contributed by atoms with Crippen LogP contribution >= 0.6 is 0 Å². The summed E-state index contributed by atoms with van der Waals surface area (Å²) in [6.07, 6.45) is -10.6. The standard InChI is InChI=1S/C28H18F6O4/c29-27(30,31)21-9-1-17(2-10-21)19-5-13-23(14-6-19)37-26(25(35)36)38-24-15-7-20(8-16-24)18-3-11-22(12-4-18)28(32,33)34/h1-16,26H,(H,35,36). The molecule has 0 bridgehead atoms. The molecule has 0 aliphatic rings. The van der Waals surface area contributed by atoms with Crippen LogP contribution in [0.25, 0.3) is 22.3 Å². The van der Waals surface area contributed by atoms with E-state index in [0.717, 1.165) is 24.3 Å². The van der Waals surface area contributed by atoms with E-state index in [1.165, 1.54) is 48.5 Å². The highest BCUT2D eigenvalue weighted by molar-refractivity contribution is 5.72. The van der Waals surface area contributed by atoms with Gasteiger partial charge in [-0.25, -0.2) is 4.79 Å². The van der Waals surface area contributed by atoms with Crippen LogP contribution in [0.5, 0.6) is 11.5 Å². The fourth-order valence-corrected chi connectivity index (χ4v) is 3.53. The van der Waals surface area contributed by atoms with Crippen LogP contribution in [0, 0.1) is 0 Å². The Bertz CT molecular complexity index is 1270. The Kier molecular flexibility index (Phi) is 7.34. The number of rotatable bonds is 7. The average Bonchev–Trinajstić information content (AvgIpc) is 2.88. The summed E-state index contributed by atoms with van der Waals surface area (Å²) < 4.78 is 87.4. The summed E-state index contributed by atoms with van der Waals surface area (Å²) in [7, 11) is 0. The maximum atomic E-state index is 12.8. The van der Waals surface area contributed by atoms with Crippen molar-refractivity contribution in [3.05, 3.63) is 108 Å². The molecule has 0 amide bonds. The largest absolute Gasteiger partial charge is 0.476 e. The van der Waals surface area contributed by atoms with Crippen molar-refractivity contribution in [2.45, 2.75) is 18.6 Å². The lowest BCUT2D eigenvalue weighted by Crippen LogP contribution is -2.33. The molecule has 0 aliphatic heterocycles. The zero-order valence-electron chi connectivity index (χ0n) is 19.3. The van der Waals surface area contributed by atoms with Crippen LogP contribution in [0.2, 0.25) is 0 Å². The van der Waals surface area contributed by atoms with Gasteiger partial charge < -0.3 is 14.6 Å². The van der Waals surface area contributed by atoms with Gasteiger partial charge in [0.25, 0.3) is 0 Å². The predicted molar refractivity (Wildman–Crippen MR) is 126 cm³/mol. The molecule has 0 spiro atoms. The van der Waals surface area contributed by atoms with E-state index in [0.29, 0.717) is 22.3 Å². The van der Waals surface area contributed by atoms with E-state index in [2.05, 4.69) is 0 Å². The molecule has 0 heterocycles. The lowest BCUT2D eigenvalue weighted by molar-refractivity contribution is -0.158. The summed E-state index contributed by atoms with van der Waals surface area (Å²) in [6.45, 7) is 0. The first-order valence-corrected chi connectivity index (χ1v) is 11.0. The SMILES string of the molecule is O=C(O)C(Oc1ccc(-c2ccc(C(F)(F)F)cc2)cc1)Oc1ccc(-c2ccc(C(F)(F)F)cc2)cc1. The first-order chi connectivity index (χ1) is 17.9. The molecular weight excluding hydrogens is 514 g/mol. The van der Waals surface area contributed by atoms with E-state index in [9.17, 15) is 36.2 Å². The third-order valence-corrected chi connectivity index (χ3v) is 5.49. The van der Waals surface area contributed by atoms with Crippen molar-refractivity contribution in [1.29, 1.82) is 0 Å². The first kappa shape index (κ1) is 26.6. The average molecular weight is 532 g/mol. The minimum atomic E-state index is -4.44. The summed E-state index contributed by atoms with van der Waals surface area (Å²) in [5.74, 6) is -1.12. The Morgan fingerprint density at radius 1 is 0.526 bits per heavy atom. The first-order valence-electron chi connectivity index (χ1n) is 11.0. The van der Waals surface area contributed by atoms with E-state index in [1.54, 1.807) is 24.3 Å². The van der Waals surface area contributed by atoms with Gasteiger partial charge in [-0.3, -0.25) is 0 Å². The van der Waals surface area contributed by atoms with Crippen molar-refractivity contribution in [2.24, 2.45) is 0 Å². The van der Waals surface area contributed by atoms with Gasteiger partial charge in [0, 0.05) is 0 Å². The maximum absolute atomic E-state index is 12.8. The van der Waals surface area contributed by atoms with Crippen molar-refractivity contribution in [2.75, 3.05) is 0 Å². The molecular formula is C28H18F6O4. The van der Waals surface area contributed by atoms with E-state index >= 15 is 0 Å². The Labute approximate surface area is 212 Å². The molecule has 38 heavy (non-hydrogen) atoms. The van der Waals surface area contributed by atoms with Gasteiger partial charge in [0.1, 0.15) is 11.5 Å². The van der Waals surface area contributed by atoms with Crippen LogP contribution in [0.3, 0.4) is 0 Å². The monoisotopic (exact) mass is 532 g/mol. The Balaban J connectivity index is 1.42. The van der Waals surface area contributed by atoms with Crippen LogP contribution in [-0.4, -0.2) is 17.4 Å². The number of hydrogen-bond acceptors (Lipinski definition) is 3. The summed E-state index contributed by atoms with van der Waals surface area (Å²) in [4.78, 5) is 11.7. The van der Waals surface area contributed by atoms with Gasteiger partial charge in [0.2, 0.25) is 0 Å². The van der Waals surface area contributed by atoms with Gasteiger partial charge in [0.15, 0.2) is 0 Å². The highest BCUT2D eigenvalue weighted by Crippen LogP contribution is 2.33. The second-order valence-electron chi connectivity index (χ2n) is 8.10. The van der Waals surface area contributed by atoms with E-state index in [4.69, 9.17) is 9.47 Å². The molecule has 4 aromatic rings. The molecule has 4 nitrogen and oxygen atoms in total. The van der Waals surface area contributed by atoms with Crippen LogP contribution in [-0.2, 0) is 17.1 Å². The third-order valence-electron chi connectivity index (χ3n) is 5.49. The number of alkyl halides is 6. The van der Waals surface area contributed by atoms with Gasteiger partial charge in [-0.05, 0) is 70.8 Å². The molecule has 0 radical (unpaired) electrons. The molecule has 0 atom stereocenters. The molecule has 1 N–H and O–H groups in total. The highest BCUT2D eigenvalue weighted by Gasteiger charge is 2.30. The van der Waals surface area contributed by atoms with Crippen molar-refractivity contribution in [3.8, 4) is 33.8 Å². The van der Waals surface area contributed by atoms with Crippen molar-refractivity contribution < 1.29 is 45.7 Å². The molecule has 10 heteroatoms. The van der Waals surface area contributed by atoms with Crippen LogP contribution in [0.4, 0.5) is 26.3 Å². The summed E-state index contributed by atoms with van der Waals surface area (Å²) in [6, 6.07) is 21.3. The van der Waals surface area contributed by atoms with Crippen LogP contribution in [0.15, 0.2) is 97.1 Å². The number of hydrogen-bond donors (Lipinski definition) is 1. The molecule has 0 aromatic heterocycles. The van der Waals surface area contributed by atoms with Crippen molar-refractivity contribution >= 4 is 5.97 Å². The zero-order valence-corrected chi connectivity index (χ0v) is 19.3. The van der Waals surface area contributed by atoms with Gasteiger partial charge in [0.05, 0.1) is 11.1 Å². The number of carboxylic acid groups (broad SMARTS) is 1. The number of aliphatic carboxylic acids is 1. The molecule has 0 unspecified atom stereocenters. The summed E-state index contributed by atoms with van der Waals surface area (Å²) >= 11 is 0. The van der Waals surface area contributed by atoms with Crippen LogP contribution in [0.1, 0.15) is 11.1 Å². The van der Waals surface area contributed by atoms with E-state index in [-0.39, 0.29) is 11.5 Å². The van der Waals surface area contributed by atoms with Gasteiger partial charge >= 0.3 is 24.6 Å². The third kappa shape index (κ3) is 6.44. The second kappa shape index (κ2) is 10.5. The lowest BCUT2D eigenvalue weighted by atomic mass is 10.0. The minimum absolute atomic E-state index is 0.148. The molecule has 0 saturated heterocycles. The highest BCUT2D eigenvalue weighted by atomic mass is 19.4. The summed E-state index contributed by atoms with van der Waals surface area (Å²) in [5, 5.41) is 9.51. The Morgan fingerprint density at radius 2 is 0.789 bits per heavy atom. The topological polar surface area (TPSA) is 55.8 Å². The Hall–Kier alpha value is -4.47. The Morgan fingerprint density at radius 3 is 1.03 bits per heavy atom. The summed E-state index contributed by atoms with van der Waals surface area (Å²) in [5.41, 5.74) is 0.716. The number of halogens is 6. The van der Waals surface area contributed by atoms with Crippen LogP contribution < -0.4 is 9.47 Å². The molecule has 4 rings (SSSR count). The molecule has 0 fully saturated rings. The fraction of sp³-hybridized carbons (Fsp3) is 0.107. The smallest absolute Gasteiger partial charge is 0.416 e. The maximum Gasteiger partial charge on any atom is 0.416 e. The number of carbonyl (C=O) groups is 1. The number of benzene rings is 4. The van der Waals surface area contributed by atoms with E-state index in [1.807, 2.05) is 0 Å². The van der Waals surface area contributed by atoms with Crippen molar-refractivity contribution in [1.82, 2.24) is 0 Å². The second-order valence-corrected chi connectivity index (χ2v) is 8.10. The molecule has 0 aliphatic carbocycles. The molecule has 0 saturated carbocycles. The molecule has 4 aromatic carbocycles. The van der Waals surface area contributed by atoms with Gasteiger partial charge in [-0.15, -0.1) is 0 Å². The van der Waals surface area contributed by atoms with E-state index < -0.39 is 35.7 Å². The number of ether oxygens (including phenoxy) is 2. The lowest BCUT2D eigenvalue weighted by Gasteiger charge is -2.17. The van der Waals surface area contributed by atoms with Crippen molar-refractivity contribution in [3.63, 3.8) is 0 Å². The quantitative estimate of drug-likeness (QED) is 0.194. The van der Waals surface area contributed by atoms with Gasteiger partial charge in [-0.1, -0.05) is 48.5 Å². The fourth-order valence-electron chi connectivity index (χ4n) is 3.53. The predicted octanol–water partition coefficient (Wildman–Crippen LogP) is 7.93. The normalized spacial score (nSPS) is 11.9. The molecule has 196 valence electrons.